The number of carbonyl (C=O) groups is 1. The van der Waals surface area contributed by atoms with Crippen molar-refractivity contribution in [3.8, 4) is 5.82 Å². The largest absolute Gasteiger partial charge is 0.417 e. The minimum absolute atomic E-state index is 0.104. The van der Waals surface area contributed by atoms with Crippen LogP contribution >= 0.6 is 0 Å². The number of carbonyl (C=O) groups excluding carboxylic acids is 1. The molecular weight excluding hydrogens is 371 g/mol. The fraction of sp³-hybridized carbons (Fsp3) is 0.526. The molecule has 6 nitrogen and oxygen atoms in total. The summed E-state index contributed by atoms with van der Waals surface area (Å²) in [5.41, 5.74) is 5.82. The van der Waals surface area contributed by atoms with E-state index in [4.69, 9.17) is 5.73 Å². The van der Waals surface area contributed by atoms with Crippen molar-refractivity contribution in [2.75, 3.05) is 6.54 Å². The Bertz CT molecular complexity index is 808. The molecule has 0 unspecified atom stereocenters. The summed E-state index contributed by atoms with van der Waals surface area (Å²) >= 11 is 0. The highest BCUT2D eigenvalue weighted by molar-refractivity contribution is 5.95. The lowest BCUT2D eigenvalue weighted by molar-refractivity contribution is -0.137. The van der Waals surface area contributed by atoms with Gasteiger partial charge in [-0.2, -0.15) is 18.3 Å². The SMILES string of the molecule is CCC(N)(CC)CNC(=O)c1cnn(-c2ccc(C(F)(F)F)cn2)c1C(C)C. The quantitative estimate of drug-likeness (QED) is 0.747. The molecule has 0 aliphatic rings. The van der Waals surface area contributed by atoms with Gasteiger partial charge in [-0.15, -0.1) is 0 Å². The first-order valence-electron chi connectivity index (χ1n) is 9.21. The Balaban J connectivity index is 2.32. The molecule has 0 aliphatic heterocycles. The number of nitrogens with one attached hydrogen (secondary N) is 1. The fourth-order valence-corrected chi connectivity index (χ4v) is 2.80. The number of pyridine rings is 1. The van der Waals surface area contributed by atoms with Crippen molar-refractivity contribution in [3.05, 3.63) is 41.3 Å². The Labute approximate surface area is 162 Å². The molecule has 0 radical (unpaired) electrons. The van der Waals surface area contributed by atoms with Gasteiger partial charge in [0.05, 0.1) is 23.0 Å². The van der Waals surface area contributed by atoms with Gasteiger partial charge < -0.3 is 11.1 Å². The van der Waals surface area contributed by atoms with Crippen LogP contribution in [0.3, 0.4) is 0 Å². The van der Waals surface area contributed by atoms with Crippen LogP contribution in [0, 0.1) is 0 Å². The maximum atomic E-state index is 12.8. The van der Waals surface area contributed by atoms with Crippen molar-refractivity contribution in [2.24, 2.45) is 5.73 Å². The molecule has 0 atom stereocenters. The number of hydrogen-bond donors (Lipinski definition) is 2. The Morgan fingerprint density at radius 3 is 2.32 bits per heavy atom. The molecule has 2 aromatic heterocycles. The van der Waals surface area contributed by atoms with Crippen molar-refractivity contribution in [1.29, 1.82) is 0 Å². The zero-order valence-electron chi connectivity index (χ0n) is 16.5. The third-order valence-corrected chi connectivity index (χ3v) is 4.90. The second-order valence-corrected chi connectivity index (χ2v) is 7.16. The topological polar surface area (TPSA) is 85.8 Å². The number of alkyl halides is 3. The van der Waals surface area contributed by atoms with Gasteiger partial charge in [0.15, 0.2) is 5.82 Å². The Morgan fingerprint density at radius 1 is 1.21 bits per heavy atom. The van der Waals surface area contributed by atoms with Gasteiger partial charge in [0.25, 0.3) is 5.91 Å². The average Bonchev–Trinajstić information content (AvgIpc) is 3.10. The van der Waals surface area contributed by atoms with Crippen LogP contribution in [0.4, 0.5) is 13.2 Å². The second-order valence-electron chi connectivity index (χ2n) is 7.16. The van der Waals surface area contributed by atoms with E-state index in [0.29, 0.717) is 17.8 Å². The molecule has 0 aliphatic carbocycles. The number of aromatic nitrogens is 3. The molecule has 0 fully saturated rings. The molecule has 9 heteroatoms. The van der Waals surface area contributed by atoms with E-state index in [1.165, 1.54) is 16.9 Å². The van der Waals surface area contributed by atoms with Crippen molar-refractivity contribution in [3.63, 3.8) is 0 Å². The predicted molar refractivity (Wildman–Crippen MR) is 100 cm³/mol. The van der Waals surface area contributed by atoms with Crippen LogP contribution in [0.15, 0.2) is 24.5 Å². The van der Waals surface area contributed by atoms with Gasteiger partial charge in [-0.1, -0.05) is 27.7 Å². The van der Waals surface area contributed by atoms with Gasteiger partial charge in [-0.3, -0.25) is 4.79 Å². The van der Waals surface area contributed by atoms with Crippen molar-refractivity contribution in [2.45, 2.75) is 58.2 Å². The van der Waals surface area contributed by atoms with Crippen LogP contribution in [0.5, 0.6) is 0 Å². The van der Waals surface area contributed by atoms with Crippen molar-refractivity contribution >= 4 is 5.91 Å². The highest BCUT2D eigenvalue weighted by Gasteiger charge is 2.31. The van der Waals surface area contributed by atoms with E-state index in [1.54, 1.807) is 0 Å². The highest BCUT2D eigenvalue weighted by atomic mass is 19.4. The van der Waals surface area contributed by atoms with E-state index in [-0.39, 0.29) is 17.6 Å². The number of nitrogens with zero attached hydrogens (tertiary/aromatic N) is 3. The summed E-state index contributed by atoms with van der Waals surface area (Å²) in [6, 6.07) is 2.18. The van der Waals surface area contributed by atoms with Crippen molar-refractivity contribution in [1.82, 2.24) is 20.1 Å². The second kappa shape index (κ2) is 8.30. The summed E-state index contributed by atoms with van der Waals surface area (Å²) in [5, 5.41) is 7.03. The summed E-state index contributed by atoms with van der Waals surface area (Å²) in [6.07, 6.45) is -0.869. The molecule has 3 N–H and O–H groups in total. The van der Waals surface area contributed by atoms with Crippen LogP contribution < -0.4 is 11.1 Å². The van der Waals surface area contributed by atoms with Gasteiger partial charge in [-0.25, -0.2) is 9.67 Å². The third-order valence-electron chi connectivity index (χ3n) is 4.90. The van der Waals surface area contributed by atoms with Gasteiger partial charge in [-0.05, 0) is 30.9 Å². The maximum Gasteiger partial charge on any atom is 0.417 e. The van der Waals surface area contributed by atoms with E-state index in [2.05, 4.69) is 15.4 Å². The number of rotatable bonds is 7. The van der Waals surface area contributed by atoms with E-state index in [9.17, 15) is 18.0 Å². The average molecular weight is 397 g/mol. The van der Waals surface area contributed by atoms with E-state index < -0.39 is 17.3 Å². The van der Waals surface area contributed by atoms with Crippen LogP contribution in [0.2, 0.25) is 0 Å². The molecule has 2 aromatic rings. The zero-order chi connectivity index (χ0) is 21.1. The minimum Gasteiger partial charge on any atom is -0.350 e. The number of amides is 1. The Kier molecular flexibility index (Phi) is 6.48. The van der Waals surface area contributed by atoms with Gasteiger partial charge in [0.2, 0.25) is 0 Å². The summed E-state index contributed by atoms with van der Waals surface area (Å²) in [4.78, 5) is 16.6. The predicted octanol–water partition coefficient (Wildman–Crippen LogP) is 3.66. The summed E-state index contributed by atoms with van der Waals surface area (Å²) in [5.74, 6) is -0.211. The lowest BCUT2D eigenvalue weighted by atomic mass is 9.94. The zero-order valence-corrected chi connectivity index (χ0v) is 16.5. The summed E-state index contributed by atoms with van der Waals surface area (Å²) < 4.78 is 39.7. The minimum atomic E-state index is -4.46. The van der Waals surface area contributed by atoms with E-state index >= 15 is 0 Å². The number of nitrogens with two attached hydrogens (primary N) is 1. The molecule has 154 valence electrons. The maximum absolute atomic E-state index is 12.8. The van der Waals surface area contributed by atoms with Gasteiger partial charge in [0, 0.05) is 18.3 Å². The van der Waals surface area contributed by atoms with E-state index in [1.807, 2.05) is 27.7 Å². The smallest absolute Gasteiger partial charge is 0.350 e. The summed E-state index contributed by atoms with van der Waals surface area (Å²) in [6.45, 7) is 7.99. The molecule has 1 amide bonds. The first-order chi connectivity index (χ1) is 13.0. The summed E-state index contributed by atoms with van der Waals surface area (Å²) in [7, 11) is 0. The first-order valence-corrected chi connectivity index (χ1v) is 9.21. The highest BCUT2D eigenvalue weighted by Crippen LogP contribution is 2.29. The normalized spacial score (nSPS) is 12.5. The third kappa shape index (κ3) is 4.70. The molecule has 0 saturated carbocycles. The number of halogens is 3. The van der Waals surface area contributed by atoms with Gasteiger partial charge >= 0.3 is 6.18 Å². The van der Waals surface area contributed by atoms with Crippen molar-refractivity contribution < 1.29 is 18.0 Å². The molecule has 2 heterocycles. The van der Waals surface area contributed by atoms with Crippen LogP contribution in [-0.2, 0) is 6.18 Å². The molecule has 0 bridgehead atoms. The fourth-order valence-electron chi connectivity index (χ4n) is 2.80. The molecule has 0 aromatic carbocycles. The molecule has 0 spiro atoms. The molecule has 2 rings (SSSR count). The van der Waals surface area contributed by atoms with Crippen LogP contribution in [0.25, 0.3) is 5.82 Å². The first kappa shape index (κ1) is 21.9. The lowest BCUT2D eigenvalue weighted by Gasteiger charge is -2.26. The standard InChI is InChI=1S/C19H26F3N5O/c1-5-18(23,6-2)11-25-17(28)14-10-26-27(16(14)12(3)4)15-8-7-13(9-24-15)19(20,21)22/h7-10,12H,5-6,11,23H2,1-4H3,(H,25,28). The van der Waals surface area contributed by atoms with Crippen LogP contribution in [0.1, 0.15) is 68.1 Å². The molecule has 28 heavy (non-hydrogen) atoms. The van der Waals surface area contributed by atoms with E-state index in [0.717, 1.165) is 25.1 Å². The monoisotopic (exact) mass is 397 g/mol. The van der Waals surface area contributed by atoms with Crippen LogP contribution in [-0.4, -0.2) is 32.8 Å². The lowest BCUT2D eigenvalue weighted by Crippen LogP contribution is -2.49. The molecule has 0 saturated heterocycles. The number of hydrogen-bond acceptors (Lipinski definition) is 4. The Morgan fingerprint density at radius 2 is 1.86 bits per heavy atom. The molecular formula is C19H26F3N5O. The van der Waals surface area contributed by atoms with Gasteiger partial charge in [0.1, 0.15) is 0 Å². The Hall–Kier alpha value is -2.42.